The van der Waals surface area contributed by atoms with E-state index in [1.165, 1.54) is 17.8 Å². The monoisotopic (exact) mass is 262 g/mol. The Hall–Kier alpha value is -2.15. The second-order valence-electron chi connectivity index (χ2n) is 3.54. The van der Waals surface area contributed by atoms with Gasteiger partial charge in [-0.25, -0.2) is 9.97 Å². The number of nitro benzene ring substituents is 1. The van der Waals surface area contributed by atoms with Gasteiger partial charge in [-0.2, -0.15) is 0 Å². The van der Waals surface area contributed by atoms with Gasteiger partial charge in [0.05, 0.1) is 9.82 Å². The van der Waals surface area contributed by atoms with Crippen molar-refractivity contribution in [1.29, 1.82) is 0 Å². The summed E-state index contributed by atoms with van der Waals surface area (Å²) in [6.07, 6.45) is 1.60. The zero-order valence-electron chi connectivity index (χ0n) is 9.53. The van der Waals surface area contributed by atoms with E-state index in [0.29, 0.717) is 9.92 Å². The number of anilines is 1. The molecule has 18 heavy (non-hydrogen) atoms. The Kier molecular flexibility index (Phi) is 3.42. The minimum absolute atomic E-state index is 0.0547. The van der Waals surface area contributed by atoms with Crippen LogP contribution in [-0.4, -0.2) is 14.9 Å². The van der Waals surface area contributed by atoms with Crippen LogP contribution in [-0.2, 0) is 0 Å². The summed E-state index contributed by atoms with van der Waals surface area (Å²) < 4.78 is 0. The fraction of sp³-hybridized carbons (Fsp3) is 0.0909. The molecule has 0 fully saturated rings. The first-order valence-electron chi connectivity index (χ1n) is 5.08. The predicted octanol–water partition coefficient (Wildman–Crippen LogP) is 2.43. The largest absolute Gasteiger partial charge is 0.368 e. The summed E-state index contributed by atoms with van der Waals surface area (Å²) in [6.45, 7) is 1.83. The van der Waals surface area contributed by atoms with Gasteiger partial charge < -0.3 is 5.73 Å². The lowest BCUT2D eigenvalue weighted by Crippen LogP contribution is -1.97. The van der Waals surface area contributed by atoms with Crippen molar-refractivity contribution in [3.05, 3.63) is 46.1 Å². The Morgan fingerprint density at radius 1 is 1.39 bits per heavy atom. The normalized spacial score (nSPS) is 10.3. The third-order valence-electron chi connectivity index (χ3n) is 2.21. The fourth-order valence-electron chi connectivity index (χ4n) is 1.34. The van der Waals surface area contributed by atoms with E-state index in [4.69, 9.17) is 5.73 Å². The van der Waals surface area contributed by atoms with Crippen LogP contribution in [0.5, 0.6) is 0 Å². The molecule has 1 aromatic heterocycles. The minimum atomic E-state index is -0.414. The van der Waals surface area contributed by atoms with Crippen LogP contribution in [0.2, 0.25) is 0 Å². The summed E-state index contributed by atoms with van der Waals surface area (Å²) in [7, 11) is 0. The Balaban J connectivity index is 2.40. The smallest absolute Gasteiger partial charge is 0.283 e. The van der Waals surface area contributed by atoms with Crippen LogP contribution in [0, 0.1) is 17.0 Å². The second-order valence-corrected chi connectivity index (χ2v) is 4.57. The van der Waals surface area contributed by atoms with Crippen LogP contribution >= 0.6 is 11.8 Å². The SMILES string of the molecule is Cc1cnc(N)nc1Sc1ccccc1[N+](=O)[O-]. The fourth-order valence-corrected chi connectivity index (χ4v) is 2.30. The van der Waals surface area contributed by atoms with Crippen molar-refractivity contribution in [3.8, 4) is 0 Å². The van der Waals surface area contributed by atoms with Gasteiger partial charge >= 0.3 is 0 Å². The zero-order valence-corrected chi connectivity index (χ0v) is 10.3. The third kappa shape index (κ3) is 2.57. The first kappa shape index (κ1) is 12.3. The number of aryl methyl sites for hydroxylation is 1. The standard InChI is InChI=1S/C11H10N4O2S/c1-7-6-13-11(12)14-10(7)18-9-5-3-2-4-8(9)15(16)17/h2-6H,1H3,(H2,12,13,14). The lowest BCUT2D eigenvalue weighted by Gasteiger charge is -2.05. The minimum Gasteiger partial charge on any atom is -0.368 e. The van der Waals surface area contributed by atoms with E-state index < -0.39 is 4.92 Å². The van der Waals surface area contributed by atoms with Crippen LogP contribution < -0.4 is 5.73 Å². The first-order valence-corrected chi connectivity index (χ1v) is 5.90. The lowest BCUT2D eigenvalue weighted by molar-refractivity contribution is -0.387. The molecule has 0 atom stereocenters. The Bertz CT molecular complexity index is 603. The average molecular weight is 262 g/mol. The van der Waals surface area contributed by atoms with Crippen LogP contribution in [0.3, 0.4) is 0 Å². The van der Waals surface area contributed by atoms with Gasteiger partial charge in [-0.1, -0.05) is 23.9 Å². The van der Waals surface area contributed by atoms with E-state index >= 15 is 0 Å². The van der Waals surface area contributed by atoms with Crippen molar-refractivity contribution in [2.75, 3.05) is 5.73 Å². The van der Waals surface area contributed by atoms with E-state index in [-0.39, 0.29) is 11.6 Å². The molecule has 1 aromatic carbocycles. The van der Waals surface area contributed by atoms with E-state index in [1.54, 1.807) is 24.4 Å². The molecule has 0 aliphatic rings. The number of nitro groups is 1. The van der Waals surface area contributed by atoms with Crippen LogP contribution in [0.4, 0.5) is 11.6 Å². The van der Waals surface area contributed by atoms with Gasteiger partial charge in [0.1, 0.15) is 5.03 Å². The molecule has 92 valence electrons. The molecule has 1 heterocycles. The summed E-state index contributed by atoms with van der Waals surface area (Å²) in [4.78, 5) is 18.9. The number of benzene rings is 1. The summed E-state index contributed by atoms with van der Waals surface area (Å²) >= 11 is 1.21. The zero-order chi connectivity index (χ0) is 13.1. The highest BCUT2D eigenvalue weighted by Gasteiger charge is 2.15. The molecular weight excluding hydrogens is 252 g/mol. The molecule has 0 bridgehead atoms. The molecule has 0 saturated carbocycles. The number of nitrogens with two attached hydrogens (primary N) is 1. The molecule has 2 aromatic rings. The number of hydrogen-bond donors (Lipinski definition) is 1. The van der Waals surface area contributed by atoms with E-state index in [0.717, 1.165) is 5.56 Å². The Morgan fingerprint density at radius 2 is 2.11 bits per heavy atom. The number of aromatic nitrogens is 2. The number of para-hydroxylation sites is 1. The molecule has 0 aliphatic carbocycles. The van der Waals surface area contributed by atoms with Crippen LogP contribution in [0.15, 0.2) is 40.4 Å². The van der Waals surface area contributed by atoms with E-state index in [9.17, 15) is 10.1 Å². The summed E-state index contributed by atoms with van der Waals surface area (Å²) in [5.74, 6) is 0.154. The molecule has 0 radical (unpaired) electrons. The van der Waals surface area contributed by atoms with Gasteiger partial charge in [-0.3, -0.25) is 10.1 Å². The van der Waals surface area contributed by atoms with E-state index in [2.05, 4.69) is 9.97 Å². The maximum Gasteiger partial charge on any atom is 0.283 e. The molecule has 0 unspecified atom stereocenters. The highest BCUT2D eigenvalue weighted by atomic mass is 32.2. The topological polar surface area (TPSA) is 94.9 Å². The molecule has 0 aliphatic heterocycles. The van der Waals surface area contributed by atoms with Gasteiger partial charge in [0.25, 0.3) is 5.69 Å². The van der Waals surface area contributed by atoms with Crippen molar-refractivity contribution in [2.45, 2.75) is 16.8 Å². The number of nitrogen functional groups attached to an aromatic ring is 1. The van der Waals surface area contributed by atoms with Crippen LogP contribution in [0.25, 0.3) is 0 Å². The summed E-state index contributed by atoms with van der Waals surface area (Å²) in [5.41, 5.74) is 6.39. The van der Waals surface area contributed by atoms with Gasteiger partial charge in [-0.05, 0) is 13.0 Å². The molecule has 6 nitrogen and oxygen atoms in total. The van der Waals surface area contributed by atoms with Crippen molar-refractivity contribution in [1.82, 2.24) is 9.97 Å². The average Bonchev–Trinajstić information content (AvgIpc) is 2.34. The Morgan fingerprint density at radius 3 is 2.83 bits per heavy atom. The van der Waals surface area contributed by atoms with E-state index in [1.807, 2.05) is 6.92 Å². The molecular formula is C11H10N4O2S. The third-order valence-corrected chi connectivity index (χ3v) is 3.38. The quantitative estimate of drug-likeness (QED) is 0.518. The number of rotatable bonds is 3. The maximum absolute atomic E-state index is 10.9. The maximum atomic E-state index is 10.9. The molecule has 0 saturated heterocycles. The van der Waals surface area contributed by atoms with Crippen molar-refractivity contribution >= 4 is 23.4 Å². The molecule has 0 spiro atoms. The molecule has 7 heteroatoms. The number of nitrogens with zero attached hydrogens (tertiary/aromatic N) is 3. The molecule has 2 N–H and O–H groups in total. The second kappa shape index (κ2) is 5.01. The highest BCUT2D eigenvalue weighted by molar-refractivity contribution is 7.99. The van der Waals surface area contributed by atoms with Gasteiger partial charge in [0.2, 0.25) is 5.95 Å². The van der Waals surface area contributed by atoms with Gasteiger partial charge in [0, 0.05) is 17.8 Å². The molecule has 2 rings (SSSR count). The van der Waals surface area contributed by atoms with Crippen molar-refractivity contribution in [2.24, 2.45) is 0 Å². The van der Waals surface area contributed by atoms with Crippen LogP contribution in [0.1, 0.15) is 5.56 Å². The summed E-state index contributed by atoms with van der Waals surface area (Å²) in [5, 5.41) is 11.5. The van der Waals surface area contributed by atoms with Crippen molar-refractivity contribution < 1.29 is 4.92 Å². The predicted molar refractivity (Wildman–Crippen MR) is 68.4 cm³/mol. The lowest BCUT2D eigenvalue weighted by atomic mass is 10.3. The van der Waals surface area contributed by atoms with Gasteiger partial charge in [0.15, 0.2) is 0 Å². The van der Waals surface area contributed by atoms with Gasteiger partial charge in [-0.15, -0.1) is 0 Å². The first-order chi connectivity index (χ1) is 8.58. The highest BCUT2D eigenvalue weighted by Crippen LogP contribution is 2.34. The summed E-state index contributed by atoms with van der Waals surface area (Å²) in [6, 6.07) is 6.52. The number of hydrogen-bond acceptors (Lipinski definition) is 6. The van der Waals surface area contributed by atoms with Crippen molar-refractivity contribution in [3.63, 3.8) is 0 Å². The molecule has 0 amide bonds. The Labute approximate surface area is 107 Å².